The van der Waals surface area contributed by atoms with Crippen LogP contribution in [0, 0.1) is 0 Å². The first kappa shape index (κ1) is 27.9. The molecule has 0 spiro atoms. The number of anilines is 1. The molecule has 1 amide bonds. The second-order valence-corrected chi connectivity index (χ2v) is 7.73. The first-order valence-corrected chi connectivity index (χ1v) is 11.2. The van der Waals surface area contributed by atoms with Crippen molar-refractivity contribution >= 4 is 53.1 Å². The van der Waals surface area contributed by atoms with Crippen molar-refractivity contribution in [3.05, 3.63) is 29.3 Å². The van der Waals surface area contributed by atoms with Crippen molar-refractivity contribution in [1.29, 1.82) is 0 Å². The summed E-state index contributed by atoms with van der Waals surface area (Å²) in [5.41, 5.74) is 0.758. The maximum Gasteiger partial charge on any atom is 0.224 e. The number of benzene rings is 1. The summed E-state index contributed by atoms with van der Waals surface area (Å²) in [4.78, 5) is 19.1. The van der Waals surface area contributed by atoms with Crippen LogP contribution in [0.3, 0.4) is 0 Å². The molecular weight excluding hydrogens is 531 g/mol. The number of piperidine rings is 1. The second-order valence-electron chi connectivity index (χ2n) is 7.30. The molecule has 1 fully saturated rings. The van der Waals surface area contributed by atoms with Crippen LogP contribution in [0.4, 0.5) is 5.69 Å². The van der Waals surface area contributed by atoms with Crippen molar-refractivity contribution in [2.45, 2.75) is 45.1 Å². The Balaban J connectivity index is 0.00000480. The van der Waals surface area contributed by atoms with Crippen LogP contribution in [-0.2, 0) is 14.3 Å². The standard InChI is InChI=1S/C22H35ClN4O3.HI/c1-3-24-22(27-14-11-20(12-15-27)30-17-5-16-29-2)25-13-4-6-21(28)26-19-9-7-18(23)8-10-19;/h7-10,20H,3-6,11-17H2,1-2H3,(H,24,25)(H,26,28);1H. The Hall–Kier alpha value is -1.10. The highest BCUT2D eigenvalue weighted by atomic mass is 127. The van der Waals surface area contributed by atoms with Gasteiger partial charge in [-0.2, -0.15) is 0 Å². The fraction of sp³-hybridized carbons (Fsp3) is 0.636. The first-order valence-electron chi connectivity index (χ1n) is 10.8. The summed E-state index contributed by atoms with van der Waals surface area (Å²) in [7, 11) is 1.71. The molecule has 7 nitrogen and oxygen atoms in total. The molecule has 0 unspecified atom stereocenters. The fourth-order valence-electron chi connectivity index (χ4n) is 3.29. The summed E-state index contributed by atoms with van der Waals surface area (Å²) in [6.45, 7) is 6.86. The minimum absolute atomic E-state index is 0. The molecular formula is C22H36ClIN4O3. The fourth-order valence-corrected chi connectivity index (χ4v) is 3.42. The van der Waals surface area contributed by atoms with E-state index in [1.54, 1.807) is 31.4 Å². The lowest BCUT2D eigenvalue weighted by atomic mass is 10.1. The number of guanidine groups is 1. The van der Waals surface area contributed by atoms with Crippen molar-refractivity contribution in [2.75, 3.05) is 51.8 Å². The summed E-state index contributed by atoms with van der Waals surface area (Å²) in [5.74, 6) is 0.914. The van der Waals surface area contributed by atoms with E-state index >= 15 is 0 Å². The first-order chi connectivity index (χ1) is 14.6. The van der Waals surface area contributed by atoms with Crippen LogP contribution in [-0.4, -0.2) is 69.4 Å². The molecule has 176 valence electrons. The number of hydrogen-bond donors (Lipinski definition) is 2. The maximum atomic E-state index is 12.1. The molecule has 2 rings (SSSR count). The van der Waals surface area contributed by atoms with E-state index in [1.165, 1.54) is 0 Å². The number of rotatable bonds is 11. The van der Waals surface area contributed by atoms with Crippen LogP contribution in [0.15, 0.2) is 29.3 Å². The van der Waals surface area contributed by atoms with E-state index in [-0.39, 0.29) is 29.9 Å². The lowest BCUT2D eigenvalue weighted by molar-refractivity contribution is -0.116. The van der Waals surface area contributed by atoms with Crippen LogP contribution in [0.25, 0.3) is 0 Å². The summed E-state index contributed by atoms with van der Waals surface area (Å²) in [5, 5.41) is 6.90. The van der Waals surface area contributed by atoms with Crippen LogP contribution in [0.5, 0.6) is 0 Å². The zero-order chi connectivity index (χ0) is 21.6. The Morgan fingerprint density at radius 2 is 1.90 bits per heavy atom. The van der Waals surface area contributed by atoms with Gasteiger partial charge in [-0.3, -0.25) is 9.79 Å². The van der Waals surface area contributed by atoms with Gasteiger partial charge in [0.05, 0.1) is 6.10 Å². The molecule has 0 saturated carbocycles. The molecule has 1 aromatic rings. The van der Waals surface area contributed by atoms with Gasteiger partial charge in [-0.05, 0) is 56.9 Å². The monoisotopic (exact) mass is 566 g/mol. The minimum atomic E-state index is -0.0102. The summed E-state index contributed by atoms with van der Waals surface area (Å²) < 4.78 is 11.0. The van der Waals surface area contributed by atoms with Crippen molar-refractivity contribution in [1.82, 2.24) is 10.2 Å². The topological polar surface area (TPSA) is 75.2 Å². The number of ether oxygens (including phenoxy) is 2. The molecule has 1 aliphatic rings. The predicted molar refractivity (Wildman–Crippen MR) is 138 cm³/mol. The Kier molecular flexibility index (Phi) is 14.9. The third-order valence-corrected chi connectivity index (χ3v) is 5.13. The van der Waals surface area contributed by atoms with Gasteiger partial charge >= 0.3 is 0 Å². The quantitative estimate of drug-likeness (QED) is 0.182. The molecule has 1 heterocycles. The maximum absolute atomic E-state index is 12.1. The highest BCUT2D eigenvalue weighted by molar-refractivity contribution is 14.0. The second kappa shape index (κ2) is 16.5. The van der Waals surface area contributed by atoms with Crippen molar-refractivity contribution in [3.63, 3.8) is 0 Å². The van der Waals surface area contributed by atoms with Gasteiger partial charge in [0, 0.05) is 63.6 Å². The number of methoxy groups -OCH3 is 1. The Morgan fingerprint density at radius 3 is 2.55 bits per heavy atom. The number of halogens is 2. The average molecular weight is 567 g/mol. The number of hydrogen-bond acceptors (Lipinski definition) is 4. The molecule has 0 radical (unpaired) electrons. The van der Waals surface area contributed by atoms with Gasteiger partial charge in [-0.15, -0.1) is 24.0 Å². The molecule has 1 aromatic carbocycles. The number of carbonyl (C=O) groups is 1. The number of nitrogens with one attached hydrogen (secondary N) is 2. The van der Waals surface area contributed by atoms with Crippen LogP contribution in [0.2, 0.25) is 5.02 Å². The smallest absolute Gasteiger partial charge is 0.224 e. The van der Waals surface area contributed by atoms with Gasteiger partial charge < -0.3 is 25.0 Å². The molecule has 31 heavy (non-hydrogen) atoms. The lowest BCUT2D eigenvalue weighted by Gasteiger charge is -2.34. The molecule has 0 atom stereocenters. The SMILES string of the molecule is CCNC(=NCCCC(=O)Nc1ccc(Cl)cc1)N1CCC(OCCCOC)CC1.I. The van der Waals surface area contributed by atoms with Gasteiger partial charge in [0.1, 0.15) is 0 Å². The number of likely N-dealkylation sites (tertiary alicyclic amines) is 1. The van der Waals surface area contributed by atoms with E-state index in [0.717, 1.165) is 63.8 Å². The van der Waals surface area contributed by atoms with Crippen molar-refractivity contribution in [2.24, 2.45) is 4.99 Å². The van der Waals surface area contributed by atoms with E-state index in [2.05, 4.69) is 22.5 Å². The molecule has 9 heteroatoms. The van der Waals surface area contributed by atoms with Gasteiger partial charge in [-0.1, -0.05) is 11.6 Å². The zero-order valence-corrected chi connectivity index (χ0v) is 21.7. The van der Waals surface area contributed by atoms with Crippen LogP contribution < -0.4 is 10.6 Å². The molecule has 1 aliphatic heterocycles. The minimum Gasteiger partial charge on any atom is -0.385 e. The number of amides is 1. The molecule has 2 N–H and O–H groups in total. The van der Waals surface area contributed by atoms with Gasteiger partial charge in [-0.25, -0.2) is 0 Å². The van der Waals surface area contributed by atoms with E-state index in [0.29, 0.717) is 30.5 Å². The normalized spacial score (nSPS) is 14.8. The number of nitrogens with zero attached hydrogens (tertiary/aromatic N) is 2. The van der Waals surface area contributed by atoms with E-state index < -0.39 is 0 Å². The van der Waals surface area contributed by atoms with Gasteiger partial charge in [0.15, 0.2) is 5.96 Å². The Morgan fingerprint density at radius 1 is 1.19 bits per heavy atom. The van der Waals surface area contributed by atoms with Gasteiger partial charge in [0.2, 0.25) is 5.91 Å². The third-order valence-electron chi connectivity index (χ3n) is 4.87. The van der Waals surface area contributed by atoms with Crippen LogP contribution >= 0.6 is 35.6 Å². The zero-order valence-electron chi connectivity index (χ0n) is 18.6. The van der Waals surface area contributed by atoms with Crippen molar-refractivity contribution in [3.8, 4) is 0 Å². The Bertz CT molecular complexity index is 653. The number of carbonyl (C=O) groups excluding carboxylic acids is 1. The molecule has 0 aromatic heterocycles. The van der Waals surface area contributed by atoms with Crippen LogP contribution in [0.1, 0.15) is 39.0 Å². The van der Waals surface area contributed by atoms with Crippen molar-refractivity contribution < 1.29 is 14.3 Å². The summed E-state index contributed by atoms with van der Waals surface area (Å²) >= 11 is 5.86. The largest absolute Gasteiger partial charge is 0.385 e. The predicted octanol–water partition coefficient (Wildman–Crippen LogP) is 4.16. The van der Waals surface area contributed by atoms with E-state index in [4.69, 9.17) is 26.1 Å². The summed E-state index contributed by atoms with van der Waals surface area (Å²) in [6, 6.07) is 7.12. The molecule has 0 aliphatic carbocycles. The summed E-state index contributed by atoms with van der Waals surface area (Å²) in [6.07, 6.45) is 4.39. The highest BCUT2D eigenvalue weighted by Gasteiger charge is 2.21. The van der Waals surface area contributed by atoms with E-state index in [9.17, 15) is 4.79 Å². The number of aliphatic imine (C=N–C) groups is 1. The van der Waals surface area contributed by atoms with E-state index in [1.807, 2.05) is 0 Å². The molecule has 0 bridgehead atoms. The highest BCUT2D eigenvalue weighted by Crippen LogP contribution is 2.15. The third kappa shape index (κ3) is 11.4. The lowest BCUT2D eigenvalue weighted by Crippen LogP contribution is -2.47. The Labute approximate surface area is 208 Å². The van der Waals surface area contributed by atoms with Gasteiger partial charge in [0.25, 0.3) is 0 Å². The molecule has 1 saturated heterocycles. The average Bonchev–Trinajstić information content (AvgIpc) is 2.75.